The van der Waals surface area contributed by atoms with Crippen LogP contribution in [0.5, 0.6) is 0 Å². The van der Waals surface area contributed by atoms with Crippen molar-refractivity contribution in [1.29, 1.82) is 0 Å². The maximum Gasteiger partial charge on any atom is 0.278 e. The minimum Gasteiger partial charge on any atom is -0.381 e. The first kappa shape index (κ1) is 13.7. The van der Waals surface area contributed by atoms with E-state index in [2.05, 4.69) is 10.5 Å². The van der Waals surface area contributed by atoms with Crippen molar-refractivity contribution in [3.63, 3.8) is 0 Å². The molecule has 1 aromatic heterocycles. The van der Waals surface area contributed by atoms with Gasteiger partial charge < -0.3 is 4.74 Å². The maximum absolute atomic E-state index is 11.0. The fraction of sp³-hybridized carbons (Fsp3) is 0.357. The molecule has 0 radical (unpaired) electrons. The predicted octanol–water partition coefficient (Wildman–Crippen LogP) is 2.52. The Labute approximate surface area is 121 Å². The Kier molecular flexibility index (Phi) is 3.94. The van der Waals surface area contributed by atoms with Crippen LogP contribution in [0.2, 0.25) is 0 Å². The van der Waals surface area contributed by atoms with Gasteiger partial charge in [0.25, 0.3) is 5.69 Å². The third-order valence-corrected chi connectivity index (χ3v) is 3.47. The summed E-state index contributed by atoms with van der Waals surface area (Å²) in [5.41, 5.74) is 4.02. The van der Waals surface area contributed by atoms with E-state index in [1.165, 1.54) is 6.07 Å². The van der Waals surface area contributed by atoms with Crippen molar-refractivity contribution < 1.29 is 14.5 Å². The SMILES string of the molecule is O=[N+]([O-])c1ccc(NOCC2CCOC2)c2ncccc12. The Morgan fingerprint density at radius 2 is 2.38 bits per heavy atom. The molecular weight excluding hydrogens is 274 g/mol. The molecule has 0 aliphatic carbocycles. The normalized spacial score (nSPS) is 18.0. The summed E-state index contributed by atoms with van der Waals surface area (Å²) in [5.74, 6) is 0.384. The van der Waals surface area contributed by atoms with E-state index >= 15 is 0 Å². The Balaban J connectivity index is 1.79. The van der Waals surface area contributed by atoms with Gasteiger partial charge >= 0.3 is 0 Å². The van der Waals surface area contributed by atoms with E-state index in [-0.39, 0.29) is 5.69 Å². The number of ether oxygens (including phenoxy) is 1. The molecule has 110 valence electrons. The molecule has 1 aliphatic rings. The van der Waals surface area contributed by atoms with Gasteiger partial charge in [-0.15, -0.1) is 0 Å². The van der Waals surface area contributed by atoms with E-state index in [0.29, 0.717) is 35.7 Å². The highest BCUT2D eigenvalue weighted by Crippen LogP contribution is 2.29. The summed E-state index contributed by atoms with van der Waals surface area (Å²) in [6.07, 6.45) is 2.59. The highest BCUT2D eigenvalue weighted by Gasteiger charge is 2.17. The molecule has 0 bridgehead atoms. The molecule has 1 atom stereocenters. The quantitative estimate of drug-likeness (QED) is 0.672. The molecule has 1 fully saturated rings. The van der Waals surface area contributed by atoms with Gasteiger partial charge in [-0.2, -0.15) is 0 Å². The lowest BCUT2D eigenvalue weighted by Crippen LogP contribution is -2.13. The van der Waals surface area contributed by atoms with Crippen LogP contribution in [-0.2, 0) is 9.57 Å². The van der Waals surface area contributed by atoms with Crippen molar-refractivity contribution in [3.05, 3.63) is 40.6 Å². The maximum atomic E-state index is 11.0. The molecule has 1 aromatic carbocycles. The van der Waals surface area contributed by atoms with Crippen molar-refractivity contribution in [2.24, 2.45) is 5.92 Å². The second-order valence-electron chi connectivity index (χ2n) is 4.93. The third kappa shape index (κ3) is 2.93. The van der Waals surface area contributed by atoms with Gasteiger partial charge in [0.2, 0.25) is 0 Å². The minimum absolute atomic E-state index is 0.0350. The number of nitrogens with one attached hydrogen (secondary N) is 1. The zero-order chi connectivity index (χ0) is 14.7. The van der Waals surface area contributed by atoms with Crippen molar-refractivity contribution in [2.45, 2.75) is 6.42 Å². The van der Waals surface area contributed by atoms with Crippen molar-refractivity contribution >= 4 is 22.3 Å². The van der Waals surface area contributed by atoms with E-state index in [9.17, 15) is 10.1 Å². The molecule has 21 heavy (non-hydrogen) atoms. The molecule has 1 N–H and O–H groups in total. The minimum atomic E-state index is -0.412. The lowest BCUT2D eigenvalue weighted by atomic mass is 10.1. The number of non-ortho nitro benzene ring substituents is 1. The molecule has 1 saturated heterocycles. The molecular formula is C14H15N3O4. The number of fused-ring (bicyclic) bond motifs is 1. The number of benzene rings is 1. The van der Waals surface area contributed by atoms with Crippen LogP contribution in [0.3, 0.4) is 0 Å². The smallest absolute Gasteiger partial charge is 0.278 e. The molecule has 0 saturated carbocycles. The fourth-order valence-corrected chi connectivity index (χ4v) is 2.35. The number of nitro groups is 1. The van der Waals surface area contributed by atoms with Crippen LogP contribution in [0.15, 0.2) is 30.5 Å². The Bertz CT molecular complexity index is 656. The van der Waals surface area contributed by atoms with Gasteiger partial charge in [-0.25, -0.2) is 0 Å². The highest BCUT2D eigenvalue weighted by atomic mass is 16.6. The van der Waals surface area contributed by atoms with Crippen LogP contribution in [0, 0.1) is 16.0 Å². The van der Waals surface area contributed by atoms with E-state index < -0.39 is 4.92 Å². The van der Waals surface area contributed by atoms with Crippen LogP contribution in [0.25, 0.3) is 10.9 Å². The van der Waals surface area contributed by atoms with Crippen LogP contribution in [0.4, 0.5) is 11.4 Å². The number of hydrogen-bond donors (Lipinski definition) is 1. The lowest BCUT2D eigenvalue weighted by Gasteiger charge is -2.11. The number of pyridine rings is 1. The van der Waals surface area contributed by atoms with Crippen LogP contribution < -0.4 is 5.48 Å². The first-order valence-electron chi connectivity index (χ1n) is 6.73. The van der Waals surface area contributed by atoms with Crippen LogP contribution in [0.1, 0.15) is 6.42 Å². The molecule has 3 rings (SSSR count). The predicted molar refractivity (Wildman–Crippen MR) is 76.9 cm³/mol. The standard InChI is InChI=1S/C14H15N3O4/c18-17(19)13-4-3-12(14-11(13)2-1-6-15-14)16-21-9-10-5-7-20-8-10/h1-4,6,10,16H,5,7-9H2. The van der Waals surface area contributed by atoms with E-state index in [1.54, 1.807) is 24.4 Å². The Hall–Kier alpha value is -2.25. The summed E-state index contributed by atoms with van der Waals surface area (Å²) >= 11 is 0. The summed E-state index contributed by atoms with van der Waals surface area (Å²) in [6.45, 7) is 2.02. The number of hydrogen-bond acceptors (Lipinski definition) is 6. The van der Waals surface area contributed by atoms with Gasteiger partial charge in [-0.3, -0.25) is 25.4 Å². The summed E-state index contributed by atoms with van der Waals surface area (Å²) in [7, 11) is 0. The molecule has 0 amide bonds. The third-order valence-electron chi connectivity index (χ3n) is 3.47. The van der Waals surface area contributed by atoms with Gasteiger partial charge in [-0.1, -0.05) is 0 Å². The number of anilines is 1. The van der Waals surface area contributed by atoms with Gasteiger partial charge in [-0.05, 0) is 24.6 Å². The van der Waals surface area contributed by atoms with E-state index in [4.69, 9.17) is 9.57 Å². The average Bonchev–Trinajstić information content (AvgIpc) is 3.00. The number of nitrogens with zero attached hydrogens (tertiary/aromatic N) is 2. The summed E-state index contributed by atoms with van der Waals surface area (Å²) in [6, 6.07) is 6.42. The number of rotatable bonds is 5. The lowest BCUT2D eigenvalue weighted by molar-refractivity contribution is -0.383. The molecule has 1 unspecified atom stereocenters. The Morgan fingerprint density at radius 3 is 3.14 bits per heavy atom. The first-order valence-corrected chi connectivity index (χ1v) is 6.73. The van der Waals surface area contributed by atoms with Gasteiger partial charge in [0.15, 0.2) is 0 Å². The second kappa shape index (κ2) is 6.02. The van der Waals surface area contributed by atoms with Crippen molar-refractivity contribution in [1.82, 2.24) is 4.98 Å². The molecule has 7 nitrogen and oxygen atoms in total. The van der Waals surface area contributed by atoms with Crippen LogP contribution >= 0.6 is 0 Å². The van der Waals surface area contributed by atoms with Gasteiger partial charge in [0, 0.05) is 24.8 Å². The topological polar surface area (TPSA) is 86.5 Å². The molecule has 7 heteroatoms. The summed E-state index contributed by atoms with van der Waals surface area (Å²) < 4.78 is 5.28. The second-order valence-corrected chi connectivity index (χ2v) is 4.93. The van der Waals surface area contributed by atoms with Crippen LogP contribution in [-0.4, -0.2) is 29.7 Å². The molecule has 2 aromatic rings. The molecule has 0 spiro atoms. The highest BCUT2D eigenvalue weighted by molar-refractivity contribution is 5.96. The molecule has 1 aliphatic heterocycles. The van der Waals surface area contributed by atoms with Crippen molar-refractivity contribution in [3.8, 4) is 0 Å². The summed E-state index contributed by atoms with van der Waals surface area (Å²) in [5, 5.41) is 11.5. The zero-order valence-electron chi connectivity index (χ0n) is 11.3. The van der Waals surface area contributed by atoms with E-state index in [0.717, 1.165) is 13.0 Å². The summed E-state index contributed by atoms with van der Waals surface area (Å²) in [4.78, 5) is 20.3. The van der Waals surface area contributed by atoms with E-state index in [1.807, 2.05) is 0 Å². The first-order chi connectivity index (χ1) is 10.3. The largest absolute Gasteiger partial charge is 0.381 e. The zero-order valence-corrected chi connectivity index (χ0v) is 11.3. The van der Waals surface area contributed by atoms with Gasteiger partial charge in [0.1, 0.15) is 5.52 Å². The molecule has 2 heterocycles. The van der Waals surface area contributed by atoms with Gasteiger partial charge in [0.05, 0.1) is 29.2 Å². The number of aromatic nitrogens is 1. The fourth-order valence-electron chi connectivity index (χ4n) is 2.35. The monoisotopic (exact) mass is 289 g/mol. The van der Waals surface area contributed by atoms with Crippen molar-refractivity contribution in [2.75, 3.05) is 25.3 Å². The Morgan fingerprint density at radius 1 is 1.48 bits per heavy atom. The average molecular weight is 289 g/mol. The number of nitro benzene ring substituents is 1.